The number of hydrogen-bond donors (Lipinski definition) is 1. The number of allylic oxidation sites excluding steroid dienone is 1. The van der Waals surface area contributed by atoms with Crippen LogP contribution in [0.4, 0.5) is 0 Å². The summed E-state index contributed by atoms with van der Waals surface area (Å²) < 4.78 is 0. The van der Waals surface area contributed by atoms with Crippen molar-refractivity contribution in [2.24, 2.45) is 0 Å². The van der Waals surface area contributed by atoms with Gasteiger partial charge >= 0.3 is 0 Å². The van der Waals surface area contributed by atoms with E-state index in [-0.39, 0.29) is 23.9 Å². The molecule has 0 aromatic carbocycles. The van der Waals surface area contributed by atoms with Gasteiger partial charge in [-0.2, -0.15) is 0 Å². The second-order valence-corrected chi connectivity index (χ2v) is 5.21. The Morgan fingerprint density at radius 1 is 1.25 bits per heavy atom. The molecule has 0 fully saturated rings. The molecule has 0 spiro atoms. The van der Waals surface area contributed by atoms with Gasteiger partial charge in [0.15, 0.2) is 0 Å². The molecule has 92 valence electrons. The Morgan fingerprint density at radius 2 is 1.75 bits per heavy atom. The van der Waals surface area contributed by atoms with E-state index in [0.29, 0.717) is 0 Å². The van der Waals surface area contributed by atoms with Crippen molar-refractivity contribution in [2.45, 2.75) is 40.2 Å². The fourth-order valence-corrected chi connectivity index (χ4v) is 1.11. The van der Waals surface area contributed by atoms with Gasteiger partial charge in [0.25, 0.3) is 0 Å². The summed E-state index contributed by atoms with van der Waals surface area (Å²) in [6.45, 7) is 9.50. The molecule has 0 saturated heterocycles. The molecule has 0 aromatic heterocycles. The molecular formula is C12H22N2O2. The molecule has 0 radical (unpaired) electrons. The first-order valence-corrected chi connectivity index (χ1v) is 5.33. The third-order valence-corrected chi connectivity index (χ3v) is 1.68. The van der Waals surface area contributed by atoms with E-state index in [0.717, 1.165) is 5.57 Å². The van der Waals surface area contributed by atoms with Crippen molar-refractivity contribution in [2.75, 3.05) is 13.6 Å². The lowest BCUT2D eigenvalue weighted by Crippen LogP contribution is -2.46. The summed E-state index contributed by atoms with van der Waals surface area (Å²) in [5.74, 6) is -0.297. The van der Waals surface area contributed by atoms with Gasteiger partial charge in [-0.25, -0.2) is 0 Å². The summed E-state index contributed by atoms with van der Waals surface area (Å²) in [5.41, 5.74) is 0.658. The highest BCUT2D eigenvalue weighted by Crippen LogP contribution is 1.99. The fourth-order valence-electron chi connectivity index (χ4n) is 1.11. The minimum absolute atomic E-state index is 0.0832. The number of rotatable bonds is 3. The van der Waals surface area contributed by atoms with Gasteiger partial charge in [-0.3, -0.25) is 9.59 Å². The van der Waals surface area contributed by atoms with Crippen LogP contribution in [0.5, 0.6) is 0 Å². The summed E-state index contributed by atoms with van der Waals surface area (Å²) in [6, 6.07) is 0. The van der Waals surface area contributed by atoms with Crippen molar-refractivity contribution in [1.82, 2.24) is 10.2 Å². The average Bonchev–Trinajstić information content (AvgIpc) is 1.98. The second kappa shape index (κ2) is 5.68. The largest absolute Gasteiger partial charge is 0.350 e. The van der Waals surface area contributed by atoms with Crippen LogP contribution >= 0.6 is 0 Å². The zero-order valence-corrected chi connectivity index (χ0v) is 11.0. The van der Waals surface area contributed by atoms with Gasteiger partial charge in [0.2, 0.25) is 11.8 Å². The van der Waals surface area contributed by atoms with E-state index < -0.39 is 0 Å². The lowest BCUT2D eigenvalue weighted by atomic mass is 10.1. The normalized spacial score (nSPS) is 10.6. The first kappa shape index (κ1) is 14.7. The Balaban J connectivity index is 4.25. The maximum atomic E-state index is 11.5. The van der Waals surface area contributed by atoms with E-state index in [1.54, 1.807) is 7.05 Å². The first-order chi connectivity index (χ1) is 7.11. The predicted octanol–water partition coefficient (Wildman–Crippen LogP) is 1.33. The van der Waals surface area contributed by atoms with Crippen LogP contribution < -0.4 is 5.32 Å². The molecule has 1 N–H and O–H groups in total. The fraction of sp³-hybridized carbons (Fsp3) is 0.667. The highest BCUT2D eigenvalue weighted by molar-refractivity contribution is 5.91. The Bertz CT molecular complexity index is 297. The van der Waals surface area contributed by atoms with Gasteiger partial charge < -0.3 is 10.2 Å². The van der Waals surface area contributed by atoms with Crippen LogP contribution in [0.15, 0.2) is 11.6 Å². The molecule has 0 aliphatic carbocycles. The molecule has 0 aromatic rings. The summed E-state index contributed by atoms with van der Waals surface area (Å²) in [6.07, 6.45) is 1.52. The highest BCUT2D eigenvalue weighted by atomic mass is 16.2. The van der Waals surface area contributed by atoms with Crippen molar-refractivity contribution in [1.29, 1.82) is 0 Å². The molecule has 0 unspecified atom stereocenters. The maximum Gasteiger partial charge on any atom is 0.246 e. The van der Waals surface area contributed by atoms with E-state index in [4.69, 9.17) is 0 Å². The van der Waals surface area contributed by atoms with E-state index in [9.17, 15) is 9.59 Å². The average molecular weight is 226 g/mol. The highest BCUT2D eigenvalue weighted by Gasteiger charge is 2.16. The Hall–Kier alpha value is -1.32. The quantitative estimate of drug-likeness (QED) is 0.738. The third kappa shape index (κ3) is 7.04. The lowest BCUT2D eigenvalue weighted by Gasteiger charge is -2.23. The van der Waals surface area contributed by atoms with Gasteiger partial charge in [-0.1, -0.05) is 5.57 Å². The van der Waals surface area contributed by atoms with Crippen molar-refractivity contribution in [3.8, 4) is 0 Å². The van der Waals surface area contributed by atoms with Crippen LogP contribution in [-0.4, -0.2) is 35.8 Å². The Morgan fingerprint density at radius 3 is 2.12 bits per heavy atom. The Labute approximate surface area is 97.7 Å². The molecule has 16 heavy (non-hydrogen) atoms. The second-order valence-electron chi connectivity index (χ2n) is 5.21. The maximum absolute atomic E-state index is 11.5. The van der Waals surface area contributed by atoms with Crippen molar-refractivity contribution >= 4 is 11.8 Å². The van der Waals surface area contributed by atoms with Crippen LogP contribution in [0, 0.1) is 0 Å². The van der Waals surface area contributed by atoms with E-state index >= 15 is 0 Å². The molecular weight excluding hydrogens is 204 g/mol. The molecule has 0 heterocycles. The van der Waals surface area contributed by atoms with Crippen molar-refractivity contribution in [3.63, 3.8) is 0 Å². The van der Waals surface area contributed by atoms with Gasteiger partial charge in [0, 0.05) is 18.7 Å². The molecule has 0 aliphatic heterocycles. The minimum Gasteiger partial charge on any atom is -0.350 e. The summed E-state index contributed by atoms with van der Waals surface area (Å²) in [7, 11) is 1.62. The van der Waals surface area contributed by atoms with Crippen LogP contribution in [0.3, 0.4) is 0 Å². The molecule has 0 aliphatic rings. The molecule has 4 nitrogen and oxygen atoms in total. The van der Waals surface area contributed by atoms with Gasteiger partial charge in [0.05, 0.1) is 6.54 Å². The number of carbonyl (C=O) groups excluding carboxylic acids is 2. The molecule has 0 saturated carbocycles. The van der Waals surface area contributed by atoms with Crippen molar-refractivity contribution < 1.29 is 9.59 Å². The molecule has 0 bridgehead atoms. The lowest BCUT2D eigenvalue weighted by molar-refractivity contribution is -0.131. The predicted molar refractivity (Wildman–Crippen MR) is 65.0 cm³/mol. The van der Waals surface area contributed by atoms with Crippen LogP contribution in [0.2, 0.25) is 0 Å². The van der Waals surface area contributed by atoms with Crippen LogP contribution in [0.25, 0.3) is 0 Å². The van der Waals surface area contributed by atoms with E-state index in [1.165, 1.54) is 11.0 Å². The molecule has 4 heteroatoms. The van der Waals surface area contributed by atoms with Gasteiger partial charge in [-0.05, 0) is 34.6 Å². The first-order valence-electron chi connectivity index (χ1n) is 5.33. The standard InChI is InChI=1S/C12H22N2O2/c1-9(2)7-11(16)14(6)8-10(15)13-12(3,4)5/h7H,8H2,1-6H3,(H,13,15). The van der Waals surface area contributed by atoms with Gasteiger partial charge in [0.1, 0.15) is 0 Å². The number of nitrogens with one attached hydrogen (secondary N) is 1. The van der Waals surface area contributed by atoms with Crippen molar-refractivity contribution in [3.05, 3.63) is 11.6 Å². The third-order valence-electron chi connectivity index (χ3n) is 1.68. The number of likely N-dealkylation sites (N-methyl/N-ethyl adjacent to an activating group) is 1. The Kier molecular flexibility index (Phi) is 5.21. The number of hydrogen-bond acceptors (Lipinski definition) is 2. The molecule has 0 atom stereocenters. The minimum atomic E-state index is -0.266. The summed E-state index contributed by atoms with van der Waals surface area (Å²) >= 11 is 0. The van der Waals surface area contributed by atoms with Crippen LogP contribution in [-0.2, 0) is 9.59 Å². The topological polar surface area (TPSA) is 49.4 Å². The smallest absolute Gasteiger partial charge is 0.246 e. The zero-order valence-electron chi connectivity index (χ0n) is 11.0. The molecule has 2 amide bonds. The zero-order chi connectivity index (χ0) is 12.9. The SMILES string of the molecule is CC(C)=CC(=O)N(C)CC(=O)NC(C)(C)C. The van der Waals surface area contributed by atoms with E-state index in [2.05, 4.69) is 5.32 Å². The van der Waals surface area contributed by atoms with Gasteiger partial charge in [-0.15, -0.1) is 0 Å². The summed E-state index contributed by atoms with van der Waals surface area (Å²) in [4.78, 5) is 24.5. The monoisotopic (exact) mass is 226 g/mol. The molecule has 0 rings (SSSR count). The van der Waals surface area contributed by atoms with E-state index in [1.807, 2.05) is 34.6 Å². The number of nitrogens with zero attached hydrogens (tertiary/aromatic N) is 1. The van der Waals surface area contributed by atoms with Crippen LogP contribution in [0.1, 0.15) is 34.6 Å². The number of carbonyl (C=O) groups is 2. The summed E-state index contributed by atoms with van der Waals surface area (Å²) in [5, 5.41) is 2.80. The number of amides is 2.